The predicted octanol–water partition coefficient (Wildman–Crippen LogP) is 3.98. The summed E-state index contributed by atoms with van der Waals surface area (Å²) in [6, 6.07) is 18.9. The van der Waals surface area contributed by atoms with Gasteiger partial charge in [0.1, 0.15) is 12.9 Å². The molecule has 0 aliphatic heterocycles. The lowest BCUT2D eigenvalue weighted by Gasteiger charge is -2.06. The standard InChI is InChI=1S/C18H15FN/c1-20-11-5-8-16(13-20)15-9-10-17(18(19)12-15)14-6-3-2-4-7-14/h2-13H,1H3/q+1. The molecule has 0 radical (unpaired) electrons. The van der Waals surface area contributed by atoms with Crippen LogP contribution in [0.25, 0.3) is 22.3 Å². The van der Waals surface area contributed by atoms with Crippen molar-refractivity contribution >= 4 is 0 Å². The molecule has 0 atom stereocenters. The Kier molecular flexibility index (Phi) is 3.30. The van der Waals surface area contributed by atoms with E-state index in [0.717, 1.165) is 16.7 Å². The number of rotatable bonds is 2. The van der Waals surface area contributed by atoms with Gasteiger partial charge in [-0.1, -0.05) is 42.5 Å². The van der Waals surface area contributed by atoms with Crippen molar-refractivity contribution in [2.24, 2.45) is 7.05 Å². The van der Waals surface area contributed by atoms with Crippen LogP contribution in [-0.4, -0.2) is 0 Å². The highest BCUT2D eigenvalue weighted by Gasteiger charge is 2.08. The Balaban J connectivity index is 2.04. The van der Waals surface area contributed by atoms with Crippen molar-refractivity contribution in [2.75, 3.05) is 0 Å². The first kappa shape index (κ1) is 12.5. The number of halogens is 1. The number of nitrogens with zero attached hydrogens (tertiary/aromatic N) is 1. The van der Waals surface area contributed by atoms with E-state index < -0.39 is 0 Å². The molecular formula is C18H15FN+. The van der Waals surface area contributed by atoms with Crippen LogP contribution >= 0.6 is 0 Å². The van der Waals surface area contributed by atoms with Gasteiger partial charge in [0.15, 0.2) is 12.4 Å². The lowest BCUT2D eigenvalue weighted by Crippen LogP contribution is -2.26. The zero-order chi connectivity index (χ0) is 13.9. The van der Waals surface area contributed by atoms with Gasteiger partial charge in [-0.2, -0.15) is 0 Å². The summed E-state index contributed by atoms with van der Waals surface area (Å²) in [7, 11) is 1.96. The van der Waals surface area contributed by atoms with E-state index in [1.165, 1.54) is 0 Å². The number of aromatic nitrogens is 1. The van der Waals surface area contributed by atoms with Gasteiger partial charge in [0.2, 0.25) is 0 Å². The van der Waals surface area contributed by atoms with Crippen molar-refractivity contribution < 1.29 is 8.96 Å². The minimum absolute atomic E-state index is 0.194. The van der Waals surface area contributed by atoms with Crippen molar-refractivity contribution in [3.63, 3.8) is 0 Å². The van der Waals surface area contributed by atoms with Crippen LogP contribution < -0.4 is 4.57 Å². The molecule has 0 amide bonds. The van der Waals surface area contributed by atoms with Crippen molar-refractivity contribution in [3.05, 3.63) is 78.9 Å². The molecule has 1 heterocycles. The third kappa shape index (κ3) is 2.45. The molecule has 2 heteroatoms. The van der Waals surface area contributed by atoms with Crippen LogP contribution in [-0.2, 0) is 7.05 Å². The molecule has 0 saturated heterocycles. The van der Waals surface area contributed by atoms with Crippen molar-refractivity contribution in [1.29, 1.82) is 0 Å². The zero-order valence-electron chi connectivity index (χ0n) is 11.3. The van der Waals surface area contributed by atoms with E-state index in [1.54, 1.807) is 6.07 Å². The average Bonchev–Trinajstić information content (AvgIpc) is 2.48. The van der Waals surface area contributed by atoms with Gasteiger partial charge < -0.3 is 0 Å². The molecule has 98 valence electrons. The molecule has 0 N–H and O–H groups in total. The maximum Gasteiger partial charge on any atom is 0.176 e. The summed E-state index contributed by atoms with van der Waals surface area (Å²) < 4.78 is 16.3. The smallest absolute Gasteiger partial charge is 0.176 e. The topological polar surface area (TPSA) is 3.88 Å². The second-order valence-corrected chi connectivity index (χ2v) is 4.82. The Morgan fingerprint density at radius 3 is 2.25 bits per heavy atom. The molecule has 1 aromatic heterocycles. The van der Waals surface area contributed by atoms with Crippen molar-refractivity contribution in [3.8, 4) is 22.3 Å². The first-order valence-electron chi connectivity index (χ1n) is 6.55. The van der Waals surface area contributed by atoms with E-state index in [0.29, 0.717) is 5.56 Å². The molecule has 0 unspecified atom stereocenters. The molecule has 2 aromatic carbocycles. The van der Waals surface area contributed by atoms with Crippen LogP contribution in [0.2, 0.25) is 0 Å². The molecule has 0 aliphatic rings. The summed E-state index contributed by atoms with van der Waals surface area (Å²) in [5, 5.41) is 0. The first-order chi connectivity index (χ1) is 9.74. The van der Waals surface area contributed by atoms with Gasteiger partial charge >= 0.3 is 0 Å². The summed E-state index contributed by atoms with van der Waals surface area (Å²) >= 11 is 0. The second kappa shape index (κ2) is 5.25. The summed E-state index contributed by atoms with van der Waals surface area (Å²) in [5.74, 6) is -0.194. The lowest BCUT2D eigenvalue weighted by atomic mass is 10.0. The van der Waals surface area contributed by atoms with Crippen molar-refractivity contribution in [2.45, 2.75) is 0 Å². The van der Waals surface area contributed by atoms with Crippen molar-refractivity contribution in [1.82, 2.24) is 0 Å². The largest absolute Gasteiger partial charge is 0.207 e. The fraction of sp³-hybridized carbons (Fsp3) is 0.0556. The third-order valence-corrected chi connectivity index (χ3v) is 3.33. The highest BCUT2D eigenvalue weighted by Crippen LogP contribution is 2.27. The Hall–Kier alpha value is -2.48. The first-order valence-corrected chi connectivity index (χ1v) is 6.55. The van der Waals surface area contributed by atoms with Crippen LogP contribution in [0.3, 0.4) is 0 Å². The SMILES string of the molecule is C[n+]1cccc(-c2ccc(-c3ccccc3)c(F)c2)c1. The highest BCUT2D eigenvalue weighted by atomic mass is 19.1. The van der Waals surface area contributed by atoms with Gasteiger partial charge in [-0.3, -0.25) is 0 Å². The van der Waals surface area contributed by atoms with E-state index in [2.05, 4.69) is 0 Å². The average molecular weight is 264 g/mol. The number of pyridine rings is 1. The van der Waals surface area contributed by atoms with E-state index in [9.17, 15) is 4.39 Å². The summed E-state index contributed by atoms with van der Waals surface area (Å²) in [4.78, 5) is 0. The zero-order valence-corrected chi connectivity index (χ0v) is 11.3. The molecule has 0 spiro atoms. The van der Waals surface area contributed by atoms with E-state index in [-0.39, 0.29) is 5.82 Å². The van der Waals surface area contributed by atoms with Gasteiger partial charge in [0, 0.05) is 17.2 Å². The minimum Gasteiger partial charge on any atom is -0.207 e. The van der Waals surface area contributed by atoms with Gasteiger partial charge in [0.05, 0.1) is 0 Å². The monoisotopic (exact) mass is 264 g/mol. The van der Waals surface area contributed by atoms with E-state index in [1.807, 2.05) is 78.6 Å². The van der Waals surface area contributed by atoms with Gasteiger partial charge in [-0.05, 0) is 23.3 Å². The van der Waals surface area contributed by atoms with Crippen LogP contribution in [0.15, 0.2) is 73.1 Å². The van der Waals surface area contributed by atoms with Crippen LogP contribution in [0.1, 0.15) is 0 Å². The Labute approximate surface area is 118 Å². The Bertz CT molecular complexity index is 735. The van der Waals surface area contributed by atoms with Crippen LogP contribution in [0.5, 0.6) is 0 Å². The summed E-state index contributed by atoms with van der Waals surface area (Å²) in [6.45, 7) is 0. The quantitative estimate of drug-likeness (QED) is 0.616. The number of hydrogen-bond donors (Lipinski definition) is 0. The molecule has 0 bridgehead atoms. The van der Waals surface area contributed by atoms with E-state index in [4.69, 9.17) is 0 Å². The maximum absolute atomic E-state index is 14.3. The molecule has 3 aromatic rings. The Morgan fingerprint density at radius 1 is 0.800 bits per heavy atom. The molecule has 3 rings (SSSR count). The highest BCUT2D eigenvalue weighted by molar-refractivity contribution is 5.70. The number of benzene rings is 2. The summed E-state index contributed by atoms with van der Waals surface area (Å²) in [5.41, 5.74) is 3.43. The molecule has 1 nitrogen and oxygen atoms in total. The van der Waals surface area contributed by atoms with Gasteiger partial charge in [-0.25, -0.2) is 8.96 Å². The second-order valence-electron chi connectivity index (χ2n) is 4.82. The fourth-order valence-electron chi connectivity index (χ4n) is 2.31. The number of aryl methyl sites for hydroxylation is 1. The summed E-state index contributed by atoms with van der Waals surface area (Å²) in [6.07, 6.45) is 3.94. The van der Waals surface area contributed by atoms with Gasteiger partial charge in [-0.15, -0.1) is 0 Å². The van der Waals surface area contributed by atoms with Crippen LogP contribution in [0, 0.1) is 5.82 Å². The van der Waals surface area contributed by atoms with Crippen LogP contribution in [0.4, 0.5) is 4.39 Å². The fourth-order valence-corrected chi connectivity index (χ4v) is 2.31. The molecular weight excluding hydrogens is 249 g/mol. The maximum atomic E-state index is 14.3. The predicted molar refractivity (Wildman–Crippen MR) is 78.4 cm³/mol. The molecule has 0 fully saturated rings. The third-order valence-electron chi connectivity index (χ3n) is 3.33. The van der Waals surface area contributed by atoms with E-state index >= 15 is 0 Å². The van der Waals surface area contributed by atoms with Gasteiger partial charge in [0.25, 0.3) is 0 Å². The molecule has 20 heavy (non-hydrogen) atoms. The number of hydrogen-bond acceptors (Lipinski definition) is 0. The molecule has 0 saturated carbocycles. The Morgan fingerprint density at radius 2 is 1.55 bits per heavy atom. The molecule has 0 aliphatic carbocycles. The normalized spacial score (nSPS) is 10.5. The minimum atomic E-state index is -0.194. The lowest BCUT2D eigenvalue weighted by molar-refractivity contribution is -0.671.